The van der Waals surface area contributed by atoms with Gasteiger partial charge in [-0.05, 0) is 62.9 Å². The number of anilines is 1. The second-order valence-electron chi connectivity index (χ2n) is 10.4. The lowest BCUT2D eigenvalue weighted by atomic mass is 10.0. The number of nitrogens with one attached hydrogen (secondary N) is 2. The summed E-state index contributed by atoms with van der Waals surface area (Å²) in [4.78, 5) is 23.9. The van der Waals surface area contributed by atoms with Gasteiger partial charge in [0.15, 0.2) is 0 Å². The molecule has 0 bridgehead atoms. The van der Waals surface area contributed by atoms with Crippen molar-refractivity contribution in [3.05, 3.63) is 60.2 Å². The number of carbonyl (C=O) groups is 2. The zero-order chi connectivity index (χ0) is 27.8. The van der Waals surface area contributed by atoms with E-state index in [1.165, 1.54) is 35.5 Å². The predicted octanol–water partition coefficient (Wildman–Crippen LogP) is 3.79. The molecule has 2 rings (SSSR count). The van der Waals surface area contributed by atoms with E-state index in [-0.39, 0.29) is 36.2 Å². The largest absolute Gasteiger partial charge is 0.444 e. The van der Waals surface area contributed by atoms with Crippen molar-refractivity contribution in [2.24, 2.45) is 5.92 Å². The summed E-state index contributed by atoms with van der Waals surface area (Å²) in [6.07, 6.45) is -1.64. The number of nitrogens with zero attached hydrogens (tertiary/aromatic N) is 1. The van der Waals surface area contributed by atoms with Crippen LogP contribution in [-0.2, 0) is 26.0 Å². The maximum absolute atomic E-state index is 13.5. The third kappa shape index (κ3) is 10.1. The summed E-state index contributed by atoms with van der Waals surface area (Å²) in [5.41, 5.74) is 0.615. The van der Waals surface area contributed by atoms with Gasteiger partial charge in [-0.3, -0.25) is 4.79 Å². The molecule has 3 N–H and O–H groups in total. The van der Waals surface area contributed by atoms with Crippen LogP contribution in [0, 0.1) is 5.92 Å². The van der Waals surface area contributed by atoms with E-state index in [0.29, 0.717) is 5.69 Å². The molecule has 0 aliphatic carbocycles. The molecule has 2 aromatic carbocycles. The quantitative estimate of drug-likeness (QED) is 0.404. The number of hydrogen-bond acceptors (Lipinski definition) is 6. The highest BCUT2D eigenvalue weighted by Crippen LogP contribution is 2.21. The average molecular weight is 534 g/mol. The van der Waals surface area contributed by atoms with Gasteiger partial charge in [0.25, 0.3) is 0 Å². The summed E-state index contributed by atoms with van der Waals surface area (Å²) in [5, 5.41) is 16.6. The molecule has 10 heteroatoms. The monoisotopic (exact) mass is 533 g/mol. The number of sulfonamides is 1. The highest BCUT2D eigenvalue weighted by Gasteiger charge is 2.32. The molecule has 2 amide bonds. The lowest BCUT2D eigenvalue weighted by molar-refractivity contribution is -0.114. The van der Waals surface area contributed by atoms with E-state index in [1.807, 2.05) is 44.2 Å². The van der Waals surface area contributed by atoms with E-state index in [0.717, 1.165) is 5.56 Å². The molecular weight excluding hydrogens is 494 g/mol. The number of alkyl carbamates (subject to hydrolysis) is 1. The molecule has 0 aliphatic rings. The van der Waals surface area contributed by atoms with Crippen molar-refractivity contribution in [3.63, 3.8) is 0 Å². The highest BCUT2D eigenvalue weighted by atomic mass is 32.2. The Morgan fingerprint density at radius 1 is 1.00 bits per heavy atom. The second-order valence-corrected chi connectivity index (χ2v) is 12.4. The van der Waals surface area contributed by atoms with Crippen LogP contribution in [0.5, 0.6) is 0 Å². The standard InChI is InChI=1S/C27H39N3O6S/c1-19(2)17-30(37(34,35)23-14-12-22(13-15-23)28-20(3)31)18-25(32)24(16-21-10-8-7-9-11-21)29-26(33)36-27(4,5)6/h7-15,19,24-25,32H,16-18H2,1-6H3,(H,28,31)(H,29,33)/t24-,25-/m1/s1. The Morgan fingerprint density at radius 3 is 2.11 bits per heavy atom. The Hall–Kier alpha value is -2.95. The summed E-state index contributed by atoms with van der Waals surface area (Å²) >= 11 is 0. The van der Waals surface area contributed by atoms with E-state index in [4.69, 9.17) is 4.74 Å². The number of aliphatic hydroxyl groups excluding tert-OH is 1. The van der Waals surface area contributed by atoms with Crippen LogP contribution in [-0.4, -0.2) is 60.7 Å². The van der Waals surface area contributed by atoms with Crippen LogP contribution in [0.25, 0.3) is 0 Å². The van der Waals surface area contributed by atoms with Crippen LogP contribution >= 0.6 is 0 Å². The highest BCUT2D eigenvalue weighted by molar-refractivity contribution is 7.89. The van der Waals surface area contributed by atoms with Gasteiger partial charge in [-0.25, -0.2) is 13.2 Å². The number of amides is 2. The van der Waals surface area contributed by atoms with Crippen molar-refractivity contribution in [2.75, 3.05) is 18.4 Å². The van der Waals surface area contributed by atoms with Crippen LogP contribution in [0.15, 0.2) is 59.5 Å². The van der Waals surface area contributed by atoms with Crippen molar-refractivity contribution < 1.29 is 27.9 Å². The zero-order valence-electron chi connectivity index (χ0n) is 22.4. The van der Waals surface area contributed by atoms with Crippen LogP contribution in [0.3, 0.4) is 0 Å². The molecule has 0 fully saturated rings. The molecule has 0 aromatic heterocycles. The van der Waals surface area contributed by atoms with Gasteiger partial charge in [0.05, 0.1) is 17.0 Å². The van der Waals surface area contributed by atoms with E-state index in [1.54, 1.807) is 20.8 Å². The Kier molecular flexibility index (Phi) is 10.7. The number of ether oxygens (including phenoxy) is 1. The van der Waals surface area contributed by atoms with Gasteiger partial charge in [0, 0.05) is 25.7 Å². The Labute approximate surface area is 220 Å². The number of benzene rings is 2. The molecule has 9 nitrogen and oxygen atoms in total. The van der Waals surface area contributed by atoms with Gasteiger partial charge < -0.3 is 20.5 Å². The molecule has 0 radical (unpaired) electrons. The van der Waals surface area contributed by atoms with Crippen molar-refractivity contribution in [2.45, 2.75) is 70.6 Å². The minimum atomic E-state index is -3.98. The summed E-state index contributed by atoms with van der Waals surface area (Å²) in [7, 11) is -3.98. The lowest BCUT2D eigenvalue weighted by Gasteiger charge is -2.31. The SMILES string of the molecule is CC(=O)Nc1ccc(S(=O)(=O)N(CC(C)C)C[C@@H](O)[C@@H](Cc2ccccc2)NC(=O)OC(C)(C)C)cc1. The predicted molar refractivity (Wildman–Crippen MR) is 144 cm³/mol. The van der Waals surface area contributed by atoms with Gasteiger partial charge in [0.2, 0.25) is 15.9 Å². The second kappa shape index (κ2) is 13.0. The molecule has 0 saturated carbocycles. The minimum Gasteiger partial charge on any atom is -0.444 e. The van der Waals surface area contributed by atoms with Gasteiger partial charge in [-0.15, -0.1) is 0 Å². The molecular formula is C27H39N3O6S. The normalized spacial score (nSPS) is 13.8. The van der Waals surface area contributed by atoms with Crippen molar-refractivity contribution in [1.82, 2.24) is 9.62 Å². The maximum atomic E-state index is 13.5. The van der Waals surface area contributed by atoms with E-state index in [9.17, 15) is 23.1 Å². The van der Waals surface area contributed by atoms with Crippen LogP contribution in [0.1, 0.15) is 47.1 Å². The zero-order valence-corrected chi connectivity index (χ0v) is 23.2. The number of carbonyl (C=O) groups excluding carboxylic acids is 2. The van der Waals surface area contributed by atoms with E-state index in [2.05, 4.69) is 10.6 Å². The molecule has 2 aromatic rings. The molecule has 0 saturated heterocycles. The van der Waals surface area contributed by atoms with Crippen LogP contribution in [0.2, 0.25) is 0 Å². The van der Waals surface area contributed by atoms with Crippen LogP contribution < -0.4 is 10.6 Å². The Morgan fingerprint density at radius 2 is 1.59 bits per heavy atom. The van der Waals surface area contributed by atoms with Gasteiger partial charge in [-0.2, -0.15) is 4.31 Å². The summed E-state index contributed by atoms with van der Waals surface area (Å²) < 4.78 is 33.7. The van der Waals surface area contributed by atoms with Crippen LogP contribution in [0.4, 0.5) is 10.5 Å². The fraction of sp³-hybridized carbons (Fsp3) is 0.481. The molecule has 0 spiro atoms. The minimum absolute atomic E-state index is 0.0213. The fourth-order valence-electron chi connectivity index (χ4n) is 3.69. The summed E-state index contributed by atoms with van der Waals surface area (Å²) in [6.45, 7) is 10.3. The molecule has 0 unspecified atom stereocenters. The maximum Gasteiger partial charge on any atom is 0.407 e. The Balaban J connectivity index is 2.31. The van der Waals surface area contributed by atoms with Crippen molar-refractivity contribution >= 4 is 27.7 Å². The van der Waals surface area contributed by atoms with Gasteiger partial charge in [0.1, 0.15) is 5.60 Å². The van der Waals surface area contributed by atoms with E-state index >= 15 is 0 Å². The first-order chi connectivity index (χ1) is 17.2. The van der Waals surface area contributed by atoms with E-state index < -0.39 is 33.9 Å². The van der Waals surface area contributed by atoms with Gasteiger partial charge >= 0.3 is 6.09 Å². The number of rotatable bonds is 11. The van der Waals surface area contributed by atoms with Crippen molar-refractivity contribution in [3.8, 4) is 0 Å². The first-order valence-electron chi connectivity index (χ1n) is 12.3. The molecule has 37 heavy (non-hydrogen) atoms. The molecule has 2 atom stereocenters. The molecule has 0 heterocycles. The first-order valence-corrected chi connectivity index (χ1v) is 13.7. The lowest BCUT2D eigenvalue weighted by Crippen LogP contribution is -2.51. The summed E-state index contributed by atoms with van der Waals surface area (Å²) in [5.74, 6) is -0.283. The topological polar surface area (TPSA) is 125 Å². The van der Waals surface area contributed by atoms with Crippen molar-refractivity contribution in [1.29, 1.82) is 0 Å². The average Bonchev–Trinajstić information content (AvgIpc) is 2.77. The van der Waals surface area contributed by atoms with Gasteiger partial charge in [-0.1, -0.05) is 44.2 Å². The molecule has 204 valence electrons. The number of hydrogen-bond donors (Lipinski definition) is 3. The number of aliphatic hydroxyl groups is 1. The molecule has 0 aliphatic heterocycles. The Bertz CT molecular complexity index is 1130. The third-order valence-electron chi connectivity index (χ3n) is 5.24. The fourth-order valence-corrected chi connectivity index (χ4v) is 5.31. The smallest absolute Gasteiger partial charge is 0.407 e. The summed E-state index contributed by atoms with van der Waals surface area (Å²) in [6, 6.07) is 14.4. The third-order valence-corrected chi connectivity index (χ3v) is 7.08. The first kappa shape index (κ1) is 30.3.